The smallest absolute Gasteiger partial charge is 0.416 e. The maximum absolute atomic E-state index is 13.1. The Bertz CT molecular complexity index is 1640. The van der Waals surface area contributed by atoms with Crippen LogP contribution in [0.4, 0.5) is 19.1 Å². The number of nitrogens with one attached hydrogen (secondary N) is 1. The average Bonchev–Trinajstić information content (AvgIpc) is 3.59. The highest BCUT2D eigenvalue weighted by Gasteiger charge is 2.32. The van der Waals surface area contributed by atoms with E-state index in [2.05, 4.69) is 27.1 Å². The first kappa shape index (κ1) is 26.8. The SMILES string of the molecule is CC#CC(=O)N1CCC(c2nc(-c3ccc(Oc4cc(C(F)(F)F)ccn4)c(OC)c3)n3c(NC)nccc23)C1. The van der Waals surface area contributed by atoms with Crippen molar-refractivity contribution in [2.75, 3.05) is 32.6 Å². The van der Waals surface area contributed by atoms with Crippen molar-refractivity contribution in [2.24, 2.45) is 0 Å². The van der Waals surface area contributed by atoms with Gasteiger partial charge in [-0.25, -0.2) is 15.0 Å². The molecule has 40 heavy (non-hydrogen) atoms. The van der Waals surface area contributed by atoms with Crippen LogP contribution in [0.1, 0.15) is 30.5 Å². The lowest BCUT2D eigenvalue weighted by Gasteiger charge is -2.13. The first-order valence-corrected chi connectivity index (χ1v) is 12.4. The van der Waals surface area contributed by atoms with Gasteiger partial charge in [0.2, 0.25) is 11.8 Å². The van der Waals surface area contributed by atoms with Crippen LogP contribution in [0.15, 0.2) is 48.8 Å². The van der Waals surface area contributed by atoms with Crippen LogP contribution in [0, 0.1) is 11.8 Å². The van der Waals surface area contributed by atoms with Crippen molar-refractivity contribution in [2.45, 2.75) is 25.4 Å². The second-order valence-corrected chi connectivity index (χ2v) is 9.02. The summed E-state index contributed by atoms with van der Waals surface area (Å²) < 4.78 is 52.5. The van der Waals surface area contributed by atoms with Crippen LogP contribution in [0.5, 0.6) is 17.4 Å². The fourth-order valence-electron chi connectivity index (χ4n) is 4.73. The van der Waals surface area contributed by atoms with Gasteiger partial charge in [0.05, 0.1) is 23.9 Å². The molecule has 206 valence electrons. The van der Waals surface area contributed by atoms with Gasteiger partial charge in [0.25, 0.3) is 5.91 Å². The summed E-state index contributed by atoms with van der Waals surface area (Å²) in [6.07, 6.45) is -1.06. The Kier molecular flexibility index (Phi) is 7.21. The molecule has 1 amide bonds. The van der Waals surface area contributed by atoms with Gasteiger partial charge in [0, 0.05) is 50.1 Å². The van der Waals surface area contributed by atoms with Crippen molar-refractivity contribution >= 4 is 17.4 Å². The highest BCUT2D eigenvalue weighted by molar-refractivity contribution is 5.93. The quantitative estimate of drug-likeness (QED) is 0.338. The molecule has 1 N–H and O–H groups in total. The zero-order valence-electron chi connectivity index (χ0n) is 21.9. The van der Waals surface area contributed by atoms with Crippen LogP contribution < -0.4 is 14.8 Å². The van der Waals surface area contributed by atoms with E-state index < -0.39 is 11.7 Å². The van der Waals surface area contributed by atoms with E-state index in [1.165, 1.54) is 7.11 Å². The van der Waals surface area contributed by atoms with E-state index in [1.54, 1.807) is 43.3 Å². The van der Waals surface area contributed by atoms with Gasteiger partial charge in [-0.2, -0.15) is 13.2 Å². The van der Waals surface area contributed by atoms with Crippen LogP contribution in [-0.4, -0.2) is 57.4 Å². The van der Waals surface area contributed by atoms with Crippen molar-refractivity contribution in [3.8, 4) is 40.6 Å². The van der Waals surface area contributed by atoms with E-state index in [0.29, 0.717) is 30.4 Å². The summed E-state index contributed by atoms with van der Waals surface area (Å²) in [5.41, 5.74) is 1.45. The number of ether oxygens (including phenoxy) is 2. The molecule has 9 nitrogen and oxygen atoms in total. The normalized spacial score (nSPS) is 15.1. The van der Waals surface area contributed by atoms with E-state index >= 15 is 0 Å². The predicted octanol–water partition coefficient (Wildman–Crippen LogP) is 4.99. The minimum absolute atomic E-state index is 0.00468. The highest BCUT2D eigenvalue weighted by Crippen LogP contribution is 2.39. The molecule has 0 saturated carbocycles. The van der Waals surface area contributed by atoms with Gasteiger partial charge in [0.15, 0.2) is 11.5 Å². The number of pyridine rings is 1. The van der Waals surface area contributed by atoms with E-state index in [-0.39, 0.29) is 29.2 Å². The van der Waals surface area contributed by atoms with Crippen LogP contribution >= 0.6 is 0 Å². The van der Waals surface area contributed by atoms with E-state index in [1.807, 2.05) is 10.5 Å². The fraction of sp³-hybridized carbons (Fsp3) is 0.286. The summed E-state index contributed by atoms with van der Waals surface area (Å²) in [7, 11) is 3.19. The number of halogens is 3. The molecule has 0 radical (unpaired) electrons. The van der Waals surface area contributed by atoms with Gasteiger partial charge in [0.1, 0.15) is 5.82 Å². The molecule has 0 bridgehead atoms. The molecule has 12 heteroatoms. The Morgan fingerprint density at radius 2 is 1.93 bits per heavy atom. The molecule has 4 aromatic rings. The summed E-state index contributed by atoms with van der Waals surface area (Å²) in [4.78, 5) is 27.4. The minimum atomic E-state index is -4.53. The third-order valence-corrected chi connectivity index (χ3v) is 6.60. The maximum Gasteiger partial charge on any atom is 0.416 e. The van der Waals surface area contributed by atoms with Crippen LogP contribution in [0.3, 0.4) is 0 Å². The van der Waals surface area contributed by atoms with Gasteiger partial charge in [-0.1, -0.05) is 5.92 Å². The minimum Gasteiger partial charge on any atom is -0.493 e. The van der Waals surface area contributed by atoms with E-state index in [9.17, 15) is 18.0 Å². The largest absolute Gasteiger partial charge is 0.493 e. The molecule has 5 rings (SSSR count). The molecule has 1 aliphatic rings. The summed E-state index contributed by atoms with van der Waals surface area (Å²) in [6.45, 7) is 2.71. The lowest BCUT2D eigenvalue weighted by Crippen LogP contribution is -2.26. The lowest BCUT2D eigenvalue weighted by atomic mass is 10.0. The van der Waals surface area contributed by atoms with Gasteiger partial charge >= 0.3 is 6.18 Å². The molecule has 1 aromatic carbocycles. The van der Waals surface area contributed by atoms with Crippen molar-refractivity contribution in [1.29, 1.82) is 0 Å². The first-order chi connectivity index (χ1) is 19.2. The number of aromatic nitrogens is 4. The second-order valence-electron chi connectivity index (χ2n) is 9.02. The van der Waals surface area contributed by atoms with E-state index in [4.69, 9.17) is 14.5 Å². The number of imidazole rings is 1. The third kappa shape index (κ3) is 5.10. The number of amides is 1. The van der Waals surface area contributed by atoms with E-state index in [0.717, 1.165) is 36.0 Å². The summed E-state index contributed by atoms with van der Waals surface area (Å²) in [6, 6.07) is 8.59. The van der Waals surface area contributed by atoms with Crippen molar-refractivity contribution < 1.29 is 27.4 Å². The van der Waals surface area contributed by atoms with Gasteiger partial charge in [-0.15, -0.1) is 0 Å². The molecule has 1 aliphatic heterocycles. The number of anilines is 1. The fourth-order valence-corrected chi connectivity index (χ4v) is 4.73. The number of nitrogens with zero attached hydrogens (tertiary/aromatic N) is 5. The molecule has 1 atom stereocenters. The number of hydrogen-bond donors (Lipinski definition) is 1. The van der Waals surface area contributed by atoms with Crippen LogP contribution in [-0.2, 0) is 11.0 Å². The van der Waals surface area contributed by atoms with Crippen LogP contribution in [0.2, 0.25) is 0 Å². The Hall–Kier alpha value is -4.79. The van der Waals surface area contributed by atoms with Crippen LogP contribution in [0.25, 0.3) is 16.9 Å². The number of alkyl halides is 3. The van der Waals surface area contributed by atoms with Crippen molar-refractivity contribution in [3.63, 3.8) is 0 Å². The number of benzene rings is 1. The van der Waals surface area contributed by atoms with Gasteiger partial charge < -0.3 is 19.7 Å². The molecule has 4 heterocycles. The highest BCUT2D eigenvalue weighted by atomic mass is 19.4. The summed E-state index contributed by atoms with van der Waals surface area (Å²) in [5, 5.41) is 3.09. The molecule has 1 fully saturated rings. The predicted molar refractivity (Wildman–Crippen MR) is 141 cm³/mol. The van der Waals surface area contributed by atoms with Gasteiger partial charge in [-0.3, -0.25) is 9.20 Å². The molecule has 0 aliphatic carbocycles. The first-order valence-electron chi connectivity index (χ1n) is 12.4. The Labute approximate surface area is 228 Å². The standard InChI is InChI=1S/C28H25F3N6O3/c1-4-5-24(38)36-13-10-18(16-36)25-20-9-12-34-27(32-2)37(20)26(35-25)17-6-7-21(22(14-17)39-3)40-23-15-19(8-11-33-23)28(29,30)31/h6-9,11-12,14-15,18H,10,13,16H2,1-3H3,(H,32,34). The Morgan fingerprint density at radius 1 is 1.12 bits per heavy atom. The number of rotatable bonds is 6. The molecule has 3 aromatic heterocycles. The number of carbonyl (C=O) groups is 1. The molecular weight excluding hydrogens is 525 g/mol. The maximum atomic E-state index is 13.1. The second kappa shape index (κ2) is 10.8. The van der Waals surface area contributed by atoms with Gasteiger partial charge in [-0.05, 0) is 49.6 Å². The summed E-state index contributed by atoms with van der Waals surface area (Å²) in [5.74, 6) is 6.42. The van der Waals surface area contributed by atoms with Crippen molar-refractivity contribution in [1.82, 2.24) is 24.3 Å². The molecule has 1 unspecified atom stereocenters. The monoisotopic (exact) mass is 550 g/mol. The topological polar surface area (TPSA) is 93.9 Å². The zero-order chi connectivity index (χ0) is 28.4. The Balaban J connectivity index is 1.53. The number of carbonyl (C=O) groups excluding carboxylic acids is 1. The number of fused-ring (bicyclic) bond motifs is 1. The van der Waals surface area contributed by atoms with Crippen molar-refractivity contribution in [3.05, 3.63) is 60.0 Å². The molecule has 1 saturated heterocycles. The summed E-state index contributed by atoms with van der Waals surface area (Å²) >= 11 is 0. The molecular formula is C28H25F3N6O3. The third-order valence-electron chi connectivity index (χ3n) is 6.60. The lowest BCUT2D eigenvalue weighted by molar-refractivity contribution is -0.137. The average molecular weight is 551 g/mol. The number of hydrogen-bond acceptors (Lipinski definition) is 7. The molecule has 0 spiro atoms. The zero-order valence-corrected chi connectivity index (χ0v) is 21.9. The number of methoxy groups -OCH3 is 1. The Morgan fingerprint density at radius 3 is 2.65 bits per heavy atom. The number of likely N-dealkylation sites (tertiary alicyclic amines) is 1.